The largest absolute Gasteiger partial charge is 0.376 e. The summed E-state index contributed by atoms with van der Waals surface area (Å²) in [5.74, 6) is 0. The van der Waals surface area contributed by atoms with Crippen molar-refractivity contribution in [3.05, 3.63) is 36.6 Å². The molecule has 0 amide bonds. The molecule has 0 spiro atoms. The molecule has 0 bridgehead atoms. The molecule has 1 aromatic rings. The van der Waals surface area contributed by atoms with Gasteiger partial charge in [-0.25, -0.2) is 0 Å². The Morgan fingerprint density at radius 1 is 1.40 bits per heavy atom. The number of hydrogen-bond acceptors (Lipinski definition) is 2. The van der Waals surface area contributed by atoms with Gasteiger partial charge in [0, 0.05) is 23.6 Å². The Bertz CT molecular complexity index is 266. The summed E-state index contributed by atoms with van der Waals surface area (Å²) in [5, 5.41) is 3.11. The van der Waals surface area contributed by atoms with Gasteiger partial charge >= 0.3 is 0 Å². The summed E-state index contributed by atoms with van der Waals surface area (Å²) in [7, 11) is 0. The summed E-state index contributed by atoms with van der Waals surface area (Å²) in [6.45, 7) is 1.91. The highest BCUT2D eigenvalue weighted by Crippen LogP contribution is 2.18. The molecule has 1 aromatic heterocycles. The normalized spacial score (nSPS) is 14.0. The third-order valence-corrected chi connectivity index (χ3v) is 1.46. The highest BCUT2D eigenvalue weighted by atomic mass is 14.9. The number of pyridine rings is 1. The molecule has 49 valence electrons. The molecule has 0 fully saturated rings. The summed E-state index contributed by atoms with van der Waals surface area (Å²) in [6, 6.07) is 1.95. The molecule has 0 saturated carbocycles. The van der Waals surface area contributed by atoms with E-state index < -0.39 is 0 Å². The molecule has 2 heteroatoms. The van der Waals surface area contributed by atoms with Crippen LogP contribution < -0.4 is 5.32 Å². The molecule has 1 aliphatic heterocycles. The number of rotatable bonds is 0. The Morgan fingerprint density at radius 3 is 3.30 bits per heavy atom. The molecular weight excluding hydrogens is 124 g/mol. The van der Waals surface area contributed by atoms with E-state index in [1.807, 2.05) is 31.0 Å². The maximum atomic E-state index is 3.99. The van der Waals surface area contributed by atoms with Crippen molar-refractivity contribution in [2.24, 2.45) is 0 Å². The molecule has 0 unspecified atom stereocenters. The van der Waals surface area contributed by atoms with Crippen LogP contribution in [0.3, 0.4) is 0 Å². The number of fused-ring (bicyclic) bond motifs is 1. The first-order valence-corrected chi connectivity index (χ1v) is 3.17. The molecule has 1 aliphatic rings. The van der Waals surface area contributed by atoms with Crippen molar-refractivity contribution >= 4 is 11.8 Å². The summed E-state index contributed by atoms with van der Waals surface area (Å²) >= 11 is 0. The zero-order valence-corrected chi connectivity index (χ0v) is 5.41. The van der Waals surface area contributed by atoms with Gasteiger partial charge in [-0.15, -0.1) is 0 Å². The summed E-state index contributed by atoms with van der Waals surface area (Å²) < 4.78 is 0. The van der Waals surface area contributed by atoms with Gasteiger partial charge in [0.25, 0.3) is 0 Å². The van der Waals surface area contributed by atoms with Crippen molar-refractivity contribution in [1.82, 2.24) is 4.98 Å². The molecule has 2 nitrogen and oxygen atoms in total. The molecule has 2 rings (SSSR count). The monoisotopic (exact) mass is 131 g/mol. The topological polar surface area (TPSA) is 24.9 Å². The van der Waals surface area contributed by atoms with Crippen molar-refractivity contribution in [1.29, 1.82) is 0 Å². The first-order chi connectivity index (χ1) is 4.97. The van der Waals surface area contributed by atoms with E-state index in [4.69, 9.17) is 0 Å². The van der Waals surface area contributed by atoms with Gasteiger partial charge in [0.15, 0.2) is 0 Å². The van der Waals surface area contributed by atoms with E-state index in [1.165, 1.54) is 0 Å². The van der Waals surface area contributed by atoms with Gasteiger partial charge < -0.3 is 5.32 Å². The Morgan fingerprint density at radius 2 is 2.40 bits per heavy atom. The molecule has 0 aromatic carbocycles. The number of hydrogen-bond donors (Lipinski definition) is 1. The van der Waals surface area contributed by atoms with E-state index in [1.54, 1.807) is 6.20 Å². The molecular formula is C8H7N2. The Balaban J connectivity index is 2.54. The Hall–Kier alpha value is -1.31. The fourth-order valence-corrected chi connectivity index (χ4v) is 0.961. The zero-order chi connectivity index (χ0) is 6.81. The quantitative estimate of drug-likeness (QED) is 0.579. The van der Waals surface area contributed by atoms with E-state index in [2.05, 4.69) is 10.3 Å². The maximum absolute atomic E-state index is 3.99. The lowest BCUT2D eigenvalue weighted by Crippen LogP contribution is -1.98. The smallest absolute Gasteiger partial charge is 0.0685 e. The molecule has 0 atom stereocenters. The van der Waals surface area contributed by atoms with Crippen LogP contribution >= 0.6 is 0 Å². The van der Waals surface area contributed by atoms with Crippen LogP contribution in [0.4, 0.5) is 5.69 Å². The third-order valence-electron chi connectivity index (χ3n) is 1.46. The van der Waals surface area contributed by atoms with Gasteiger partial charge in [0.2, 0.25) is 0 Å². The lowest BCUT2D eigenvalue weighted by molar-refractivity contribution is 1.29. The molecule has 0 aliphatic carbocycles. The van der Waals surface area contributed by atoms with Crippen LogP contribution in [-0.4, -0.2) is 4.98 Å². The standard InChI is InChI=1S/C8H7N2/c1-2-7-6-9-5-3-8(7)10-4-1/h1-6,10H. The third kappa shape index (κ3) is 0.778. The highest BCUT2D eigenvalue weighted by Gasteiger charge is 2.00. The first-order valence-electron chi connectivity index (χ1n) is 3.17. The van der Waals surface area contributed by atoms with Crippen LogP contribution in [0.15, 0.2) is 24.5 Å². The van der Waals surface area contributed by atoms with Crippen molar-refractivity contribution in [3.8, 4) is 0 Å². The van der Waals surface area contributed by atoms with Crippen molar-refractivity contribution in [2.75, 3.05) is 5.32 Å². The van der Waals surface area contributed by atoms with Gasteiger partial charge in [-0.3, -0.25) is 4.98 Å². The van der Waals surface area contributed by atoms with E-state index in [-0.39, 0.29) is 0 Å². The van der Waals surface area contributed by atoms with Gasteiger partial charge in [-0.05, 0) is 6.07 Å². The summed E-state index contributed by atoms with van der Waals surface area (Å²) in [4.78, 5) is 3.99. The predicted octanol–water partition coefficient (Wildman–Crippen LogP) is 1.68. The van der Waals surface area contributed by atoms with Crippen LogP contribution in [-0.2, 0) is 0 Å². The van der Waals surface area contributed by atoms with Crippen LogP contribution in [0.2, 0.25) is 0 Å². The van der Waals surface area contributed by atoms with E-state index >= 15 is 0 Å². The minimum atomic E-state index is 1.12. The molecule has 10 heavy (non-hydrogen) atoms. The average Bonchev–Trinajstić information content (AvgIpc) is 2.05. The van der Waals surface area contributed by atoms with Crippen molar-refractivity contribution in [2.45, 2.75) is 0 Å². The fourth-order valence-electron chi connectivity index (χ4n) is 0.961. The second kappa shape index (κ2) is 2.14. The van der Waals surface area contributed by atoms with Crippen molar-refractivity contribution in [3.63, 3.8) is 0 Å². The van der Waals surface area contributed by atoms with Gasteiger partial charge in [0.1, 0.15) is 0 Å². The summed E-state index contributed by atoms with van der Waals surface area (Å²) in [6.07, 6.45) is 7.60. The van der Waals surface area contributed by atoms with Crippen LogP contribution in [0.25, 0.3) is 6.08 Å². The van der Waals surface area contributed by atoms with E-state index in [0.717, 1.165) is 11.3 Å². The van der Waals surface area contributed by atoms with Gasteiger partial charge in [0.05, 0.1) is 6.54 Å². The van der Waals surface area contributed by atoms with Crippen LogP contribution in [0.5, 0.6) is 0 Å². The molecule has 1 N–H and O–H groups in total. The van der Waals surface area contributed by atoms with Crippen molar-refractivity contribution < 1.29 is 0 Å². The van der Waals surface area contributed by atoms with Crippen LogP contribution in [0, 0.1) is 6.54 Å². The Labute approximate surface area is 59.6 Å². The SMILES string of the molecule is [CH]1C=Cc2cnccc2N1. The second-order valence-corrected chi connectivity index (χ2v) is 2.13. The maximum Gasteiger partial charge on any atom is 0.0685 e. The van der Waals surface area contributed by atoms with Crippen LogP contribution in [0.1, 0.15) is 5.56 Å². The molecule has 2 heterocycles. The van der Waals surface area contributed by atoms with E-state index in [0.29, 0.717) is 0 Å². The molecule has 0 saturated heterocycles. The number of anilines is 1. The Kier molecular flexibility index (Phi) is 1.17. The summed E-state index contributed by atoms with van der Waals surface area (Å²) in [5.41, 5.74) is 2.27. The van der Waals surface area contributed by atoms with Gasteiger partial charge in [-0.2, -0.15) is 0 Å². The fraction of sp³-hybridized carbons (Fsp3) is 0. The van der Waals surface area contributed by atoms with E-state index in [9.17, 15) is 0 Å². The minimum absolute atomic E-state index is 1.12. The first kappa shape index (κ1) is 5.47. The average molecular weight is 131 g/mol. The molecule has 1 radical (unpaired) electrons. The minimum Gasteiger partial charge on any atom is -0.376 e. The lowest BCUT2D eigenvalue weighted by Gasteiger charge is -2.09. The highest BCUT2D eigenvalue weighted by molar-refractivity contribution is 5.70. The lowest BCUT2D eigenvalue weighted by atomic mass is 10.2. The van der Waals surface area contributed by atoms with Gasteiger partial charge in [-0.1, -0.05) is 12.2 Å². The second-order valence-electron chi connectivity index (χ2n) is 2.13. The predicted molar refractivity (Wildman–Crippen MR) is 41.2 cm³/mol. The number of nitrogens with one attached hydrogen (secondary N) is 1. The number of nitrogens with zero attached hydrogens (tertiary/aromatic N) is 1. The zero-order valence-electron chi connectivity index (χ0n) is 5.41. The number of aromatic nitrogens is 1.